The molecular formula is C36H36N4O3. The lowest BCUT2D eigenvalue weighted by molar-refractivity contribution is 0.0918. The van der Waals surface area contributed by atoms with Crippen LogP contribution in [0.4, 0.5) is 0 Å². The fourth-order valence-corrected chi connectivity index (χ4v) is 5.79. The number of nitrogens with zero attached hydrogens (tertiary/aromatic N) is 3. The van der Waals surface area contributed by atoms with Gasteiger partial charge in [-0.05, 0) is 40.8 Å². The molecule has 1 saturated heterocycles. The molecule has 0 atom stereocenters. The number of aromatic nitrogens is 1. The van der Waals surface area contributed by atoms with E-state index in [9.17, 15) is 9.90 Å². The Kier molecular flexibility index (Phi) is 8.92. The van der Waals surface area contributed by atoms with Gasteiger partial charge in [-0.3, -0.25) is 19.6 Å². The van der Waals surface area contributed by atoms with Gasteiger partial charge in [0.05, 0.1) is 11.6 Å². The van der Waals surface area contributed by atoms with Gasteiger partial charge in [-0.1, -0.05) is 78.9 Å². The Hall–Kier alpha value is -4.72. The number of nitrogens with one attached hydrogen (secondary N) is 1. The minimum atomic E-state index is -0.284. The molecule has 2 N–H and O–H groups in total. The van der Waals surface area contributed by atoms with Gasteiger partial charge in [0, 0.05) is 62.6 Å². The second-order valence-electron chi connectivity index (χ2n) is 10.9. The summed E-state index contributed by atoms with van der Waals surface area (Å²) in [6, 6.07) is 34.4. The zero-order valence-electron chi connectivity index (χ0n) is 24.1. The van der Waals surface area contributed by atoms with Crippen molar-refractivity contribution in [2.24, 2.45) is 0 Å². The summed E-state index contributed by atoms with van der Waals surface area (Å²) < 4.78 is 6.00. The topological polar surface area (TPSA) is 77.9 Å². The number of carbonyl (C=O) groups excluding carboxylic acids is 1. The van der Waals surface area contributed by atoms with E-state index in [2.05, 4.69) is 80.8 Å². The first-order chi connectivity index (χ1) is 21.2. The number of pyridine rings is 1. The Morgan fingerprint density at radius 3 is 2.26 bits per heavy atom. The van der Waals surface area contributed by atoms with E-state index in [-0.39, 0.29) is 23.3 Å². The SMILES string of the molecule is O=C(NCCN1CCN(C(c2ccccc2)c2ccccc2)CC1)c1cc2cccc(OCc3cccnc3)c2cc1O. The van der Waals surface area contributed by atoms with Crippen LogP contribution in [0.5, 0.6) is 11.5 Å². The van der Waals surface area contributed by atoms with E-state index >= 15 is 0 Å². The molecule has 2 heterocycles. The molecule has 0 bridgehead atoms. The fourth-order valence-electron chi connectivity index (χ4n) is 5.79. The van der Waals surface area contributed by atoms with Gasteiger partial charge in [0.25, 0.3) is 5.91 Å². The molecule has 0 unspecified atom stereocenters. The van der Waals surface area contributed by atoms with Crippen molar-refractivity contribution in [1.29, 1.82) is 0 Å². The predicted molar refractivity (Wildman–Crippen MR) is 169 cm³/mol. The first-order valence-electron chi connectivity index (χ1n) is 14.8. The summed E-state index contributed by atoms with van der Waals surface area (Å²) in [5.74, 6) is 0.293. The largest absolute Gasteiger partial charge is 0.507 e. The molecule has 4 aromatic carbocycles. The lowest BCUT2D eigenvalue weighted by atomic mass is 9.96. The fraction of sp³-hybridized carbons (Fsp3) is 0.222. The number of carbonyl (C=O) groups is 1. The van der Waals surface area contributed by atoms with E-state index in [1.807, 2.05) is 30.3 Å². The molecule has 0 saturated carbocycles. The molecule has 0 aliphatic carbocycles. The molecule has 0 spiro atoms. The molecule has 43 heavy (non-hydrogen) atoms. The number of piperazine rings is 1. The van der Waals surface area contributed by atoms with Crippen LogP contribution in [-0.4, -0.2) is 65.1 Å². The number of hydrogen-bond donors (Lipinski definition) is 2. The first-order valence-corrected chi connectivity index (χ1v) is 14.8. The van der Waals surface area contributed by atoms with Crippen LogP contribution >= 0.6 is 0 Å². The van der Waals surface area contributed by atoms with Crippen LogP contribution in [0.1, 0.15) is 33.1 Å². The Labute approximate surface area is 252 Å². The third kappa shape index (κ3) is 6.85. The summed E-state index contributed by atoms with van der Waals surface area (Å²) in [6.45, 7) is 5.36. The highest BCUT2D eigenvalue weighted by Gasteiger charge is 2.26. The molecule has 1 amide bonds. The number of amides is 1. The second-order valence-corrected chi connectivity index (χ2v) is 10.9. The molecule has 1 aliphatic rings. The third-order valence-corrected chi connectivity index (χ3v) is 8.03. The van der Waals surface area contributed by atoms with Gasteiger partial charge in [-0.25, -0.2) is 0 Å². The van der Waals surface area contributed by atoms with Crippen LogP contribution in [0.25, 0.3) is 10.8 Å². The maximum Gasteiger partial charge on any atom is 0.255 e. The Balaban J connectivity index is 1.04. The van der Waals surface area contributed by atoms with Crippen LogP contribution < -0.4 is 10.1 Å². The number of hydrogen-bond acceptors (Lipinski definition) is 6. The number of ether oxygens (including phenoxy) is 1. The van der Waals surface area contributed by atoms with E-state index in [4.69, 9.17) is 4.74 Å². The minimum Gasteiger partial charge on any atom is -0.507 e. The van der Waals surface area contributed by atoms with Gasteiger partial charge in [-0.15, -0.1) is 0 Å². The number of rotatable bonds is 10. The summed E-state index contributed by atoms with van der Waals surface area (Å²) in [5, 5.41) is 15.4. The van der Waals surface area contributed by atoms with E-state index < -0.39 is 0 Å². The van der Waals surface area contributed by atoms with Crippen LogP contribution in [0.3, 0.4) is 0 Å². The maximum atomic E-state index is 13.1. The monoisotopic (exact) mass is 572 g/mol. The summed E-state index contributed by atoms with van der Waals surface area (Å²) >= 11 is 0. The van der Waals surface area contributed by atoms with Crippen molar-refractivity contribution in [3.05, 3.63) is 138 Å². The first kappa shape index (κ1) is 28.4. The van der Waals surface area contributed by atoms with Gasteiger partial charge in [-0.2, -0.15) is 0 Å². The summed E-state index contributed by atoms with van der Waals surface area (Å²) in [6.07, 6.45) is 3.48. The summed E-state index contributed by atoms with van der Waals surface area (Å²) in [5.41, 5.74) is 3.82. The molecule has 1 fully saturated rings. The number of benzene rings is 4. The Morgan fingerprint density at radius 1 is 0.860 bits per heavy atom. The molecule has 0 radical (unpaired) electrons. The van der Waals surface area contributed by atoms with Gasteiger partial charge in [0.1, 0.15) is 18.1 Å². The van der Waals surface area contributed by atoms with Crippen LogP contribution in [0.2, 0.25) is 0 Å². The normalized spacial score (nSPS) is 14.2. The van der Waals surface area contributed by atoms with Gasteiger partial charge in [0.15, 0.2) is 0 Å². The van der Waals surface area contributed by atoms with Crippen LogP contribution in [-0.2, 0) is 6.61 Å². The molecule has 1 aromatic heterocycles. The number of phenols is 1. The molecule has 5 aromatic rings. The Bertz CT molecular complexity index is 1600. The van der Waals surface area contributed by atoms with E-state index in [1.165, 1.54) is 11.1 Å². The van der Waals surface area contributed by atoms with Crippen molar-refractivity contribution in [2.75, 3.05) is 39.3 Å². The highest BCUT2D eigenvalue weighted by atomic mass is 16.5. The lowest BCUT2D eigenvalue weighted by Gasteiger charge is -2.39. The molecule has 218 valence electrons. The van der Waals surface area contributed by atoms with Crippen molar-refractivity contribution in [3.8, 4) is 11.5 Å². The number of phenolic OH excluding ortho intramolecular Hbond substituents is 1. The lowest BCUT2D eigenvalue weighted by Crippen LogP contribution is -2.49. The average molecular weight is 573 g/mol. The maximum absolute atomic E-state index is 13.1. The molecule has 7 heteroatoms. The zero-order valence-corrected chi connectivity index (χ0v) is 24.1. The van der Waals surface area contributed by atoms with Crippen LogP contribution in [0, 0.1) is 0 Å². The highest BCUT2D eigenvalue weighted by molar-refractivity contribution is 6.02. The highest BCUT2D eigenvalue weighted by Crippen LogP contribution is 2.32. The van der Waals surface area contributed by atoms with E-state index in [0.717, 1.165) is 49.1 Å². The quantitative estimate of drug-likeness (QED) is 0.225. The standard InChI is InChI=1S/C36H36N4O3/c41-33-24-31-30(14-7-15-34(31)43-26-27-9-8-16-37-25-27)23-32(33)36(42)38-17-18-39-19-21-40(22-20-39)35(28-10-3-1-4-11-28)29-12-5-2-6-13-29/h1-16,23-25,35,41H,17-22,26H2,(H,38,42). The molecule has 6 rings (SSSR count). The number of fused-ring (bicyclic) bond motifs is 1. The predicted octanol–water partition coefficient (Wildman–Crippen LogP) is 5.66. The molecule has 1 aliphatic heterocycles. The van der Waals surface area contributed by atoms with Gasteiger partial charge >= 0.3 is 0 Å². The van der Waals surface area contributed by atoms with Gasteiger partial charge < -0.3 is 15.2 Å². The van der Waals surface area contributed by atoms with Crippen molar-refractivity contribution in [1.82, 2.24) is 20.1 Å². The molecular weight excluding hydrogens is 536 g/mol. The second kappa shape index (κ2) is 13.5. The summed E-state index contributed by atoms with van der Waals surface area (Å²) in [7, 11) is 0. The number of aromatic hydroxyl groups is 1. The smallest absolute Gasteiger partial charge is 0.255 e. The van der Waals surface area contributed by atoms with E-state index in [0.29, 0.717) is 18.9 Å². The van der Waals surface area contributed by atoms with Crippen molar-refractivity contribution >= 4 is 16.7 Å². The van der Waals surface area contributed by atoms with Crippen molar-refractivity contribution in [2.45, 2.75) is 12.6 Å². The molecule has 7 nitrogen and oxygen atoms in total. The van der Waals surface area contributed by atoms with Gasteiger partial charge in [0.2, 0.25) is 0 Å². The zero-order chi connectivity index (χ0) is 29.4. The van der Waals surface area contributed by atoms with Crippen LogP contribution in [0.15, 0.2) is 116 Å². The van der Waals surface area contributed by atoms with E-state index in [1.54, 1.807) is 24.5 Å². The van der Waals surface area contributed by atoms with Crippen molar-refractivity contribution in [3.63, 3.8) is 0 Å². The third-order valence-electron chi connectivity index (χ3n) is 8.03. The van der Waals surface area contributed by atoms with Crippen molar-refractivity contribution < 1.29 is 14.6 Å². The summed E-state index contributed by atoms with van der Waals surface area (Å²) in [4.78, 5) is 22.1. The average Bonchev–Trinajstić information content (AvgIpc) is 3.06. The minimum absolute atomic E-state index is 0.0658. The Morgan fingerprint density at radius 2 is 1.58 bits per heavy atom.